The Hall–Kier alpha value is -1.40. The molecule has 8 heteroatoms. The molecule has 0 aliphatic rings. The van der Waals surface area contributed by atoms with E-state index in [9.17, 15) is 8.42 Å². The highest BCUT2D eigenvalue weighted by Gasteiger charge is 2.18. The van der Waals surface area contributed by atoms with Crippen molar-refractivity contribution in [3.63, 3.8) is 0 Å². The van der Waals surface area contributed by atoms with Crippen molar-refractivity contribution in [1.82, 2.24) is 4.72 Å². The highest BCUT2D eigenvalue weighted by molar-refractivity contribution is 9.11. The molecule has 0 spiro atoms. The molecule has 0 atom stereocenters. The van der Waals surface area contributed by atoms with Gasteiger partial charge in [0.2, 0.25) is 10.0 Å². The Morgan fingerprint density at radius 3 is 2.71 bits per heavy atom. The van der Waals surface area contributed by atoms with Gasteiger partial charge in [0, 0.05) is 17.1 Å². The van der Waals surface area contributed by atoms with Gasteiger partial charge in [0.25, 0.3) is 0 Å². The average Bonchev–Trinajstić information content (AvgIpc) is 2.83. The number of nitrogens with one attached hydrogen (secondary N) is 1. The summed E-state index contributed by atoms with van der Waals surface area (Å²) >= 11 is 4.91. The molecule has 110 valence electrons. The Labute approximate surface area is 135 Å². The number of benzene rings is 1. The number of sulfonamides is 1. The van der Waals surface area contributed by atoms with E-state index in [0.29, 0.717) is 12.1 Å². The van der Waals surface area contributed by atoms with Crippen LogP contribution in [0, 0.1) is 11.3 Å². The van der Waals surface area contributed by atoms with Gasteiger partial charge in [-0.3, -0.25) is 0 Å². The summed E-state index contributed by atoms with van der Waals surface area (Å²) in [5, 5.41) is 9.01. The van der Waals surface area contributed by atoms with Crippen LogP contribution in [0.1, 0.15) is 10.4 Å². The first-order valence-electron chi connectivity index (χ1n) is 5.96. The summed E-state index contributed by atoms with van der Waals surface area (Å²) in [6.07, 6.45) is 0.590. The lowest BCUT2D eigenvalue weighted by molar-refractivity contribution is 0.581. The van der Waals surface area contributed by atoms with Crippen LogP contribution in [0.4, 0.5) is 5.69 Å². The first kappa shape index (κ1) is 16.0. The van der Waals surface area contributed by atoms with E-state index in [2.05, 4.69) is 20.7 Å². The predicted molar refractivity (Wildman–Crippen MR) is 86.5 cm³/mol. The summed E-state index contributed by atoms with van der Waals surface area (Å²) in [5.74, 6) is 0. The maximum Gasteiger partial charge on any atom is 0.241 e. The van der Waals surface area contributed by atoms with Crippen molar-refractivity contribution in [2.24, 2.45) is 0 Å². The first-order chi connectivity index (χ1) is 9.92. The van der Waals surface area contributed by atoms with E-state index in [4.69, 9.17) is 11.0 Å². The van der Waals surface area contributed by atoms with E-state index in [1.165, 1.54) is 18.2 Å². The van der Waals surface area contributed by atoms with Gasteiger partial charge in [-0.05, 0) is 52.7 Å². The van der Waals surface area contributed by atoms with Gasteiger partial charge in [-0.2, -0.15) is 5.26 Å². The van der Waals surface area contributed by atoms with Gasteiger partial charge < -0.3 is 5.73 Å². The Balaban J connectivity index is 2.10. The van der Waals surface area contributed by atoms with Crippen molar-refractivity contribution in [2.45, 2.75) is 11.3 Å². The minimum Gasteiger partial charge on any atom is -0.399 e. The lowest BCUT2D eigenvalue weighted by Gasteiger charge is -2.08. The SMILES string of the molecule is N#Cc1cc(N)ccc1S(=O)(=O)NCCc1ccc(Br)s1. The minimum atomic E-state index is -3.72. The number of nitrogen functional groups attached to an aromatic ring is 1. The molecule has 2 aromatic rings. The highest BCUT2D eigenvalue weighted by Crippen LogP contribution is 2.22. The van der Waals surface area contributed by atoms with Gasteiger partial charge in [-0.15, -0.1) is 11.3 Å². The van der Waals surface area contributed by atoms with Gasteiger partial charge in [-0.1, -0.05) is 0 Å². The third kappa shape index (κ3) is 4.04. The van der Waals surface area contributed by atoms with Gasteiger partial charge in [0.15, 0.2) is 0 Å². The lowest BCUT2D eigenvalue weighted by Crippen LogP contribution is -2.26. The van der Waals surface area contributed by atoms with Crippen molar-refractivity contribution in [1.29, 1.82) is 5.26 Å². The minimum absolute atomic E-state index is 0.0429. The zero-order chi connectivity index (χ0) is 15.5. The van der Waals surface area contributed by atoms with Gasteiger partial charge in [0.05, 0.1) is 14.2 Å². The summed E-state index contributed by atoms with van der Waals surface area (Å²) in [5.41, 5.74) is 5.95. The van der Waals surface area contributed by atoms with Gasteiger partial charge >= 0.3 is 0 Å². The quantitative estimate of drug-likeness (QED) is 0.772. The molecule has 0 bridgehead atoms. The summed E-state index contributed by atoms with van der Waals surface area (Å²) < 4.78 is 27.9. The number of thiophene rings is 1. The molecule has 21 heavy (non-hydrogen) atoms. The molecular formula is C13H12BrN3O2S2. The van der Waals surface area contributed by atoms with Crippen LogP contribution < -0.4 is 10.5 Å². The fourth-order valence-corrected chi connectivity index (χ4v) is 4.39. The topological polar surface area (TPSA) is 96.0 Å². The molecule has 1 heterocycles. The zero-order valence-corrected chi connectivity index (χ0v) is 14.1. The van der Waals surface area contributed by atoms with Crippen LogP contribution in [0.3, 0.4) is 0 Å². The molecule has 0 saturated carbocycles. The van der Waals surface area contributed by atoms with Crippen LogP contribution in [0.15, 0.2) is 39.0 Å². The maximum atomic E-state index is 12.2. The number of rotatable bonds is 5. The predicted octanol–water partition coefficient (Wildman–Crippen LogP) is 2.49. The zero-order valence-electron chi connectivity index (χ0n) is 10.8. The second kappa shape index (κ2) is 6.58. The third-order valence-corrected chi connectivity index (χ3v) is 5.91. The number of nitrogens with two attached hydrogens (primary N) is 1. The molecule has 0 aliphatic heterocycles. The molecule has 0 radical (unpaired) electrons. The van der Waals surface area contributed by atoms with Crippen molar-refractivity contribution < 1.29 is 8.42 Å². The van der Waals surface area contributed by atoms with Crippen LogP contribution in [0.5, 0.6) is 0 Å². The largest absolute Gasteiger partial charge is 0.399 e. The van der Waals surface area contributed by atoms with Gasteiger partial charge in [-0.25, -0.2) is 13.1 Å². The Kier molecular flexibility index (Phi) is 5.00. The Bertz CT molecular complexity index is 794. The van der Waals surface area contributed by atoms with Crippen molar-refractivity contribution in [3.05, 3.63) is 44.6 Å². The van der Waals surface area contributed by atoms with Crippen LogP contribution in [0.25, 0.3) is 0 Å². The van der Waals surface area contributed by atoms with Crippen molar-refractivity contribution in [2.75, 3.05) is 12.3 Å². The molecule has 0 unspecified atom stereocenters. The Morgan fingerprint density at radius 2 is 2.10 bits per heavy atom. The third-order valence-electron chi connectivity index (χ3n) is 2.71. The fraction of sp³-hybridized carbons (Fsp3) is 0.154. The summed E-state index contributed by atoms with van der Waals surface area (Å²) in [7, 11) is -3.72. The molecule has 1 aromatic carbocycles. The molecular weight excluding hydrogens is 374 g/mol. The van der Waals surface area contributed by atoms with Gasteiger partial charge in [0.1, 0.15) is 6.07 Å². The summed E-state index contributed by atoms with van der Waals surface area (Å²) in [6.45, 7) is 0.268. The molecule has 3 N–H and O–H groups in total. The fourth-order valence-electron chi connectivity index (χ4n) is 1.74. The smallest absolute Gasteiger partial charge is 0.241 e. The molecule has 1 aromatic heterocycles. The second-order valence-corrected chi connectivity index (χ2v) is 8.50. The number of hydrogen-bond acceptors (Lipinski definition) is 5. The summed E-state index contributed by atoms with van der Waals surface area (Å²) in [6, 6.07) is 9.87. The molecule has 0 saturated heterocycles. The van der Waals surface area contributed by atoms with Crippen molar-refractivity contribution in [3.8, 4) is 6.07 Å². The highest BCUT2D eigenvalue weighted by atomic mass is 79.9. The average molecular weight is 386 g/mol. The summed E-state index contributed by atoms with van der Waals surface area (Å²) in [4.78, 5) is 1.02. The molecule has 0 fully saturated rings. The van der Waals surface area contributed by atoms with E-state index in [1.807, 2.05) is 18.2 Å². The van der Waals surface area contributed by atoms with E-state index in [1.54, 1.807) is 11.3 Å². The molecule has 0 aliphatic carbocycles. The number of hydrogen-bond donors (Lipinski definition) is 2. The van der Waals surface area contributed by atoms with E-state index < -0.39 is 10.0 Å². The number of halogens is 1. The first-order valence-corrected chi connectivity index (χ1v) is 9.05. The molecule has 2 rings (SSSR count). The molecule has 5 nitrogen and oxygen atoms in total. The molecule has 0 amide bonds. The number of nitrogens with zero attached hydrogens (tertiary/aromatic N) is 1. The van der Waals surface area contributed by atoms with Crippen LogP contribution in [-0.2, 0) is 16.4 Å². The van der Waals surface area contributed by atoms with Crippen molar-refractivity contribution >= 4 is 43.0 Å². The van der Waals surface area contributed by atoms with E-state index >= 15 is 0 Å². The van der Waals surface area contributed by atoms with E-state index in [-0.39, 0.29) is 17.0 Å². The second-order valence-electron chi connectivity index (χ2n) is 4.22. The monoisotopic (exact) mass is 385 g/mol. The lowest BCUT2D eigenvalue weighted by atomic mass is 10.2. The normalized spacial score (nSPS) is 11.2. The van der Waals surface area contributed by atoms with E-state index in [0.717, 1.165) is 8.66 Å². The Morgan fingerprint density at radius 1 is 1.33 bits per heavy atom. The standard InChI is InChI=1S/C13H12BrN3O2S2/c14-13-4-2-11(20-13)5-6-17-21(18,19)12-3-1-10(16)7-9(12)8-15/h1-4,7,17H,5-6,16H2. The maximum absolute atomic E-state index is 12.2. The number of nitriles is 1. The van der Waals surface area contributed by atoms with Crippen LogP contribution in [-0.4, -0.2) is 15.0 Å². The van der Waals surface area contributed by atoms with Crippen LogP contribution >= 0.6 is 27.3 Å². The number of anilines is 1. The van der Waals surface area contributed by atoms with Crippen LogP contribution in [0.2, 0.25) is 0 Å².